The van der Waals surface area contributed by atoms with Crippen molar-refractivity contribution < 1.29 is 38.1 Å². The highest BCUT2D eigenvalue weighted by molar-refractivity contribution is 6.14. The van der Waals surface area contributed by atoms with E-state index in [0.29, 0.717) is 0 Å². The maximum Gasteiger partial charge on any atom is 0.345 e. The van der Waals surface area contributed by atoms with Gasteiger partial charge in [-0.3, -0.25) is 0 Å². The van der Waals surface area contributed by atoms with Crippen LogP contribution in [0.4, 0.5) is 0 Å². The van der Waals surface area contributed by atoms with Crippen molar-refractivity contribution in [3.05, 3.63) is 23.3 Å². The largest absolute Gasteiger partial charge is 0.458 e. The summed E-state index contributed by atoms with van der Waals surface area (Å²) >= 11 is 0. The van der Waals surface area contributed by atoms with Gasteiger partial charge in [-0.25, -0.2) is 19.2 Å². The smallest absolute Gasteiger partial charge is 0.345 e. The lowest BCUT2D eigenvalue weighted by atomic mass is 10.1. The summed E-state index contributed by atoms with van der Waals surface area (Å²) in [5.41, 5.74) is -0.509. The molecule has 1 fully saturated rings. The van der Waals surface area contributed by atoms with Crippen LogP contribution in [0.3, 0.4) is 0 Å². The molecule has 0 amide bonds. The Bertz CT molecular complexity index is 519. The Morgan fingerprint density at radius 2 is 0.808 bits per heavy atom. The van der Waals surface area contributed by atoms with Crippen LogP contribution in [0.1, 0.15) is 27.7 Å². The fourth-order valence-corrected chi connectivity index (χ4v) is 1.95. The number of rotatable bonds is 2. The van der Waals surface area contributed by atoms with Gasteiger partial charge in [0.1, 0.15) is 37.6 Å². The van der Waals surface area contributed by atoms with Crippen molar-refractivity contribution in [3.8, 4) is 0 Å². The Kier molecular flexibility index (Phi) is 8.54. The first-order valence-corrected chi connectivity index (χ1v) is 8.34. The molecule has 1 aliphatic heterocycles. The van der Waals surface area contributed by atoms with Crippen molar-refractivity contribution in [2.45, 2.75) is 27.7 Å². The minimum Gasteiger partial charge on any atom is -0.458 e. The van der Waals surface area contributed by atoms with Gasteiger partial charge in [0.25, 0.3) is 0 Å². The Hall–Kier alpha value is -2.64. The van der Waals surface area contributed by atoms with E-state index in [0.717, 1.165) is 0 Å². The zero-order valence-corrected chi connectivity index (χ0v) is 15.4. The van der Waals surface area contributed by atoms with Gasteiger partial charge in [-0.2, -0.15) is 0 Å². The second-order valence-corrected chi connectivity index (χ2v) is 6.19. The summed E-state index contributed by atoms with van der Waals surface area (Å²) in [4.78, 5) is 48.2. The lowest BCUT2D eigenvalue weighted by molar-refractivity contribution is -0.157. The van der Waals surface area contributed by atoms with Gasteiger partial charge < -0.3 is 18.9 Å². The molecule has 0 spiro atoms. The van der Waals surface area contributed by atoms with E-state index < -0.39 is 23.9 Å². The van der Waals surface area contributed by atoms with Crippen LogP contribution in [-0.2, 0) is 38.1 Å². The van der Waals surface area contributed by atoms with Gasteiger partial charge in [0.15, 0.2) is 0 Å². The van der Waals surface area contributed by atoms with Gasteiger partial charge in [-0.05, 0) is 11.8 Å². The van der Waals surface area contributed by atoms with Crippen molar-refractivity contribution in [3.63, 3.8) is 0 Å². The van der Waals surface area contributed by atoms with E-state index in [-0.39, 0.29) is 49.4 Å². The SMILES string of the molecule is CC(C)C=C1C(=O)OCCOC(=O)C(=CC(C)C)C(=O)OCCOC1=O. The van der Waals surface area contributed by atoms with E-state index in [2.05, 4.69) is 0 Å². The first-order valence-electron chi connectivity index (χ1n) is 8.34. The van der Waals surface area contributed by atoms with Gasteiger partial charge >= 0.3 is 23.9 Å². The first-order chi connectivity index (χ1) is 12.2. The van der Waals surface area contributed by atoms with Gasteiger partial charge in [-0.1, -0.05) is 39.8 Å². The zero-order chi connectivity index (χ0) is 19.7. The van der Waals surface area contributed by atoms with Crippen LogP contribution in [0.5, 0.6) is 0 Å². The van der Waals surface area contributed by atoms with Crippen molar-refractivity contribution in [2.24, 2.45) is 11.8 Å². The van der Waals surface area contributed by atoms with Crippen LogP contribution in [0.15, 0.2) is 23.3 Å². The van der Waals surface area contributed by atoms with E-state index in [1.807, 2.05) is 0 Å². The quantitative estimate of drug-likeness (QED) is 0.311. The van der Waals surface area contributed by atoms with Crippen LogP contribution in [0.2, 0.25) is 0 Å². The van der Waals surface area contributed by atoms with Crippen molar-refractivity contribution in [1.82, 2.24) is 0 Å². The minimum atomic E-state index is -0.869. The highest BCUT2D eigenvalue weighted by Gasteiger charge is 2.25. The Morgan fingerprint density at radius 1 is 0.577 bits per heavy atom. The molecule has 0 radical (unpaired) electrons. The van der Waals surface area contributed by atoms with Crippen LogP contribution >= 0.6 is 0 Å². The molecule has 1 rings (SSSR count). The fourth-order valence-electron chi connectivity index (χ4n) is 1.95. The van der Waals surface area contributed by atoms with E-state index >= 15 is 0 Å². The molecule has 1 aliphatic rings. The summed E-state index contributed by atoms with van der Waals surface area (Å²) in [5, 5.41) is 0. The number of cyclic esters (lactones) is 4. The van der Waals surface area contributed by atoms with Crippen LogP contribution in [-0.4, -0.2) is 50.3 Å². The third-order valence-electron chi connectivity index (χ3n) is 2.98. The van der Waals surface area contributed by atoms with Crippen molar-refractivity contribution >= 4 is 23.9 Å². The summed E-state index contributed by atoms with van der Waals surface area (Å²) in [6, 6.07) is 0. The van der Waals surface area contributed by atoms with Crippen molar-refractivity contribution in [1.29, 1.82) is 0 Å². The monoisotopic (exact) mass is 368 g/mol. The third kappa shape index (κ3) is 7.08. The number of hydrogen-bond donors (Lipinski definition) is 0. The molecule has 0 N–H and O–H groups in total. The summed E-state index contributed by atoms with van der Waals surface area (Å²) in [7, 11) is 0. The standard InChI is InChI=1S/C18H24O8/c1-11(2)9-13-15(19)23-5-7-25-17(21)14(10-12(3)4)18(22)26-8-6-24-16(13)20/h9-12H,5-8H2,1-4H3. The van der Waals surface area contributed by atoms with Crippen LogP contribution < -0.4 is 0 Å². The molecule has 8 nitrogen and oxygen atoms in total. The molecule has 8 heteroatoms. The molecular weight excluding hydrogens is 344 g/mol. The Labute approximate surface area is 152 Å². The van der Waals surface area contributed by atoms with E-state index in [1.165, 1.54) is 12.2 Å². The first kappa shape index (κ1) is 21.4. The lowest BCUT2D eigenvalue weighted by Gasteiger charge is -2.13. The molecule has 0 aliphatic carbocycles. The molecule has 144 valence electrons. The van der Waals surface area contributed by atoms with E-state index in [1.54, 1.807) is 27.7 Å². The molecule has 0 saturated carbocycles. The number of carbonyl (C=O) groups is 4. The minimum absolute atomic E-state index is 0.0941. The predicted octanol–water partition coefficient (Wildman–Crippen LogP) is 1.34. The van der Waals surface area contributed by atoms with E-state index in [4.69, 9.17) is 18.9 Å². The summed E-state index contributed by atoms with van der Waals surface area (Å²) in [6.07, 6.45) is 2.83. The predicted molar refractivity (Wildman–Crippen MR) is 89.7 cm³/mol. The van der Waals surface area contributed by atoms with Gasteiger partial charge in [-0.15, -0.1) is 0 Å². The maximum absolute atomic E-state index is 12.0. The van der Waals surface area contributed by atoms with Gasteiger partial charge in [0.05, 0.1) is 0 Å². The molecule has 0 bridgehead atoms. The Balaban J connectivity index is 2.95. The second-order valence-electron chi connectivity index (χ2n) is 6.19. The number of carbonyl (C=O) groups excluding carboxylic acids is 4. The molecule has 1 saturated heterocycles. The molecule has 0 unspecified atom stereocenters. The van der Waals surface area contributed by atoms with Crippen LogP contribution in [0.25, 0.3) is 0 Å². The summed E-state index contributed by atoms with van der Waals surface area (Å²) in [6.45, 7) is 6.06. The molecule has 1 heterocycles. The number of allylic oxidation sites excluding steroid dienone is 2. The van der Waals surface area contributed by atoms with E-state index in [9.17, 15) is 19.2 Å². The molecular formula is C18H24O8. The van der Waals surface area contributed by atoms with Gasteiger partial charge in [0, 0.05) is 0 Å². The highest BCUT2D eigenvalue weighted by Crippen LogP contribution is 2.10. The molecule has 0 aromatic rings. The summed E-state index contributed by atoms with van der Waals surface area (Å²) in [5.74, 6) is -3.66. The Morgan fingerprint density at radius 3 is 1.00 bits per heavy atom. The third-order valence-corrected chi connectivity index (χ3v) is 2.98. The number of esters is 4. The van der Waals surface area contributed by atoms with Crippen LogP contribution in [0, 0.1) is 11.8 Å². The highest BCUT2D eigenvalue weighted by atomic mass is 16.6. The fraction of sp³-hybridized carbons (Fsp3) is 0.556. The molecule has 0 atom stereocenters. The second kappa shape index (κ2) is 10.4. The lowest BCUT2D eigenvalue weighted by Crippen LogP contribution is -2.26. The molecule has 26 heavy (non-hydrogen) atoms. The maximum atomic E-state index is 12.0. The molecule has 0 aromatic carbocycles. The normalized spacial score (nSPS) is 17.9. The number of ether oxygens (including phenoxy) is 4. The topological polar surface area (TPSA) is 105 Å². The average molecular weight is 368 g/mol. The van der Waals surface area contributed by atoms with Crippen molar-refractivity contribution in [2.75, 3.05) is 26.4 Å². The molecule has 0 aromatic heterocycles. The average Bonchev–Trinajstić information content (AvgIpc) is 2.56. The van der Waals surface area contributed by atoms with Gasteiger partial charge in [0.2, 0.25) is 0 Å². The summed E-state index contributed by atoms with van der Waals surface area (Å²) < 4.78 is 19.8. The number of hydrogen-bond acceptors (Lipinski definition) is 8. The zero-order valence-electron chi connectivity index (χ0n) is 15.4.